The Hall–Kier alpha value is -0.120. The molecule has 3 heteroatoms. The fourth-order valence-electron chi connectivity index (χ4n) is 2.38. The van der Waals surface area contributed by atoms with E-state index in [1.807, 2.05) is 7.05 Å². The van der Waals surface area contributed by atoms with Gasteiger partial charge in [0.05, 0.1) is 6.10 Å². The molecule has 1 saturated carbocycles. The molecule has 0 heterocycles. The molecule has 0 aromatic rings. The lowest BCUT2D eigenvalue weighted by Gasteiger charge is -2.21. The van der Waals surface area contributed by atoms with Crippen LogP contribution in [-0.2, 0) is 0 Å². The van der Waals surface area contributed by atoms with Gasteiger partial charge in [0.1, 0.15) is 0 Å². The molecule has 0 radical (unpaired) electrons. The quantitative estimate of drug-likeness (QED) is 0.667. The minimum atomic E-state index is -0.158. The molecule has 0 aromatic carbocycles. The number of hydrogen-bond acceptors (Lipinski definition) is 3. The third kappa shape index (κ3) is 4.40. The van der Waals surface area contributed by atoms with Crippen molar-refractivity contribution in [3.05, 3.63) is 0 Å². The van der Waals surface area contributed by atoms with Gasteiger partial charge in [-0.05, 0) is 19.4 Å². The van der Waals surface area contributed by atoms with Crippen molar-refractivity contribution >= 4 is 0 Å². The van der Waals surface area contributed by atoms with Gasteiger partial charge in [-0.3, -0.25) is 0 Å². The Morgan fingerprint density at radius 3 is 2.64 bits per heavy atom. The smallest absolute Gasteiger partial charge is 0.0669 e. The van der Waals surface area contributed by atoms with E-state index < -0.39 is 0 Å². The maximum atomic E-state index is 9.82. The Kier molecular flexibility index (Phi) is 5.45. The molecule has 1 aliphatic carbocycles. The number of likely N-dealkylation sites (N-methyl/N-ethyl adjacent to an activating group) is 1. The number of aliphatic hydroxyl groups excluding tert-OH is 1. The average Bonchev–Trinajstić information content (AvgIpc) is 2.56. The maximum absolute atomic E-state index is 9.82. The van der Waals surface area contributed by atoms with Crippen LogP contribution >= 0.6 is 0 Å². The molecule has 3 nitrogen and oxygen atoms in total. The Bertz CT molecular complexity index is 146. The van der Waals surface area contributed by atoms with Gasteiger partial charge in [0.25, 0.3) is 0 Å². The zero-order chi connectivity index (χ0) is 10.4. The SMILES string of the molecule is CN(CCN)CC(O)CC1CCCC1. The van der Waals surface area contributed by atoms with Crippen LogP contribution in [0.5, 0.6) is 0 Å². The van der Waals surface area contributed by atoms with Gasteiger partial charge in [0.2, 0.25) is 0 Å². The first-order valence-electron chi connectivity index (χ1n) is 5.79. The first-order chi connectivity index (χ1) is 6.72. The molecule has 3 N–H and O–H groups in total. The molecule has 14 heavy (non-hydrogen) atoms. The van der Waals surface area contributed by atoms with Gasteiger partial charge >= 0.3 is 0 Å². The number of nitrogens with two attached hydrogens (primary N) is 1. The van der Waals surface area contributed by atoms with Gasteiger partial charge in [-0.25, -0.2) is 0 Å². The first-order valence-corrected chi connectivity index (χ1v) is 5.79. The summed E-state index contributed by atoms with van der Waals surface area (Å²) in [7, 11) is 2.02. The normalized spacial score (nSPS) is 20.6. The van der Waals surface area contributed by atoms with E-state index in [4.69, 9.17) is 5.73 Å². The number of nitrogens with zero attached hydrogens (tertiary/aromatic N) is 1. The third-order valence-corrected chi connectivity index (χ3v) is 3.11. The van der Waals surface area contributed by atoms with E-state index >= 15 is 0 Å². The van der Waals surface area contributed by atoms with E-state index in [0.29, 0.717) is 6.54 Å². The average molecular weight is 200 g/mol. The van der Waals surface area contributed by atoms with Gasteiger partial charge in [0, 0.05) is 19.6 Å². The second kappa shape index (κ2) is 6.38. The topological polar surface area (TPSA) is 49.5 Å². The molecule has 1 rings (SSSR count). The van der Waals surface area contributed by atoms with Crippen molar-refractivity contribution in [2.24, 2.45) is 11.7 Å². The molecule has 84 valence electrons. The monoisotopic (exact) mass is 200 g/mol. The molecule has 0 spiro atoms. The summed E-state index contributed by atoms with van der Waals surface area (Å²) in [5, 5.41) is 9.82. The number of aliphatic hydroxyl groups is 1. The summed E-state index contributed by atoms with van der Waals surface area (Å²) in [5.41, 5.74) is 5.45. The molecule has 0 aliphatic heterocycles. The van der Waals surface area contributed by atoms with Crippen molar-refractivity contribution in [3.8, 4) is 0 Å². The predicted molar refractivity (Wildman–Crippen MR) is 59.1 cm³/mol. The highest BCUT2D eigenvalue weighted by molar-refractivity contribution is 4.72. The van der Waals surface area contributed by atoms with Gasteiger partial charge in [0.15, 0.2) is 0 Å². The Labute approximate surface area is 87.3 Å². The van der Waals surface area contributed by atoms with E-state index in [2.05, 4.69) is 4.90 Å². The zero-order valence-corrected chi connectivity index (χ0v) is 9.28. The highest BCUT2D eigenvalue weighted by atomic mass is 16.3. The van der Waals surface area contributed by atoms with Crippen molar-refractivity contribution in [1.82, 2.24) is 4.90 Å². The summed E-state index contributed by atoms with van der Waals surface area (Å²) in [4.78, 5) is 2.11. The lowest BCUT2D eigenvalue weighted by atomic mass is 10.00. The summed E-state index contributed by atoms with van der Waals surface area (Å²) in [5.74, 6) is 0.774. The lowest BCUT2D eigenvalue weighted by molar-refractivity contribution is 0.103. The van der Waals surface area contributed by atoms with Crippen molar-refractivity contribution < 1.29 is 5.11 Å². The Balaban J connectivity index is 2.10. The number of hydrogen-bond donors (Lipinski definition) is 2. The molecule has 1 atom stereocenters. The first kappa shape index (κ1) is 12.0. The van der Waals surface area contributed by atoms with E-state index in [1.54, 1.807) is 0 Å². The van der Waals surface area contributed by atoms with E-state index in [-0.39, 0.29) is 6.10 Å². The second-order valence-electron chi connectivity index (χ2n) is 4.59. The molecule has 0 aromatic heterocycles. The molecule has 1 fully saturated rings. The van der Waals surface area contributed by atoms with Crippen LogP contribution in [0.25, 0.3) is 0 Å². The predicted octanol–water partition coefficient (Wildman–Crippen LogP) is 0.818. The van der Waals surface area contributed by atoms with Crippen molar-refractivity contribution in [2.75, 3.05) is 26.7 Å². The van der Waals surface area contributed by atoms with Gasteiger partial charge < -0.3 is 15.7 Å². The summed E-state index contributed by atoms with van der Waals surface area (Å²) in [6.45, 7) is 2.32. The standard InChI is InChI=1S/C11H24N2O/c1-13(7-6-12)9-11(14)8-10-4-2-3-5-10/h10-11,14H,2-9,12H2,1H3. The summed E-state index contributed by atoms with van der Waals surface area (Å²) >= 11 is 0. The lowest BCUT2D eigenvalue weighted by Crippen LogP contribution is -2.33. The number of rotatable bonds is 6. The summed E-state index contributed by atoms with van der Waals surface area (Å²) < 4.78 is 0. The fraction of sp³-hybridized carbons (Fsp3) is 1.00. The van der Waals surface area contributed by atoms with Crippen LogP contribution in [0.15, 0.2) is 0 Å². The van der Waals surface area contributed by atoms with Crippen molar-refractivity contribution in [1.29, 1.82) is 0 Å². The minimum absolute atomic E-state index is 0.158. The molecule has 0 amide bonds. The maximum Gasteiger partial charge on any atom is 0.0669 e. The highest BCUT2D eigenvalue weighted by Gasteiger charge is 2.19. The molecule has 0 bridgehead atoms. The van der Waals surface area contributed by atoms with Gasteiger partial charge in [-0.15, -0.1) is 0 Å². The van der Waals surface area contributed by atoms with Crippen LogP contribution in [0.3, 0.4) is 0 Å². The van der Waals surface area contributed by atoms with Gasteiger partial charge in [-0.2, -0.15) is 0 Å². The van der Waals surface area contributed by atoms with E-state index in [0.717, 1.165) is 25.4 Å². The molecule has 1 aliphatic rings. The van der Waals surface area contributed by atoms with Crippen LogP contribution in [0.1, 0.15) is 32.1 Å². The molecular formula is C11H24N2O. The van der Waals surface area contributed by atoms with E-state index in [9.17, 15) is 5.11 Å². The van der Waals surface area contributed by atoms with Crippen molar-refractivity contribution in [2.45, 2.75) is 38.2 Å². The molecule has 1 unspecified atom stereocenters. The summed E-state index contributed by atoms with van der Waals surface area (Å²) in [6, 6.07) is 0. The summed E-state index contributed by atoms with van der Waals surface area (Å²) in [6.07, 6.45) is 6.17. The van der Waals surface area contributed by atoms with Crippen LogP contribution in [0.4, 0.5) is 0 Å². The van der Waals surface area contributed by atoms with Crippen LogP contribution in [-0.4, -0.2) is 42.8 Å². The zero-order valence-electron chi connectivity index (χ0n) is 9.28. The third-order valence-electron chi connectivity index (χ3n) is 3.11. The Morgan fingerprint density at radius 1 is 1.43 bits per heavy atom. The minimum Gasteiger partial charge on any atom is -0.392 e. The highest BCUT2D eigenvalue weighted by Crippen LogP contribution is 2.28. The van der Waals surface area contributed by atoms with Gasteiger partial charge in [-0.1, -0.05) is 25.7 Å². The van der Waals surface area contributed by atoms with E-state index in [1.165, 1.54) is 25.7 Å². The van der Waals surface area contributed by atoms with Crippen LogP contribution < -0.4 is 5.73 Å². The van der Waals surface area contributed by atoms with Crippen LogP contribution in [0.2, 0.25) is 0 Å². The second-order valence-corrected chi connectivity index (χ2v) is 4.59. The Morgan fingerprint density at radius 2 is 2.07 bits per heavy atom. The molecular weight excluding hydrogens is 176 g/mol. The van der Waals surface area contributed by atoms with Crippen LogP contribution in [0, 0.1) is 5.92 Å². The van der Waals surface area contributed by atoms with Crippen molar-refractivity contribution in [3.63, 3.8) is 0 Å². The largest absolute Gasteiger partial charge is 0.392 e. The fourth-order valence-corrected chi connectivity index (χ4v) is 2.38. The molecule has 0 saturated heterocycles.